The van der Waals surface area contributed by atoms with Crippen molar-refractivity contribution in [2.45, 2.75) is 13.1 Å². The minimum atomic E-state index is -3.58. The van der Waals surface area contributed by atoms with Gasteiger partial charge in [0.1, 0.15) is 5.82 Å². The van der Waals surface area contributed by atoms with Crippen LogP contribution in [0, 0.1) is 0 Å². The standard InChI is InChI=1S/C33H30N4O2S/c38-40(39,21-7-13-27-12-6-11-26-10-4-5-14-30(26)27)37-20-17-32(36-23-33-34-18-19-35-33)31-16-15-28(22-29(31)24-37)25-8-2-1-3-9-25/h1-19,22,36H,20-21,23-24H2,(H,34,35). The number of nitrogens with zero attached hydrogens (tertiary/aromatic N) is 2. The zero-order chi connectivity index (χ0) is 27.4. The summed E-state index contributed by atoms with van der Waals surface area (Å²) in [5.74, 6) is 0.739. The van der Waals surface area contributed by atoms with Gasteiger partial charge in [-0.25, -0.2) is 13.4 Å². The van der Waals surface area contributed by atoms with Gasteiger partial charge in [-0.2, -0.15) is 4.31 Å². The molecule has 2 heterocycles. The second-order valence-electron chi connectivity index (χ2n) is 9.79. The maximum absolute atomic E-state index is 13.6. The summed E-state index contributed by atoms with van der Waals surface area (Å²) in [6, 6.07) is 30.6. The predicted molar refractivity (Wildman–Crippen MR) is 162 cm³/mol. The van der Waals surface area contributed by atoms with Gasteiger partial charge in [0.15, 0.2) is 0 Å². The average Bonchev–Trinajstić information content (AvgIpc) is 3.43. The number of hydrogen-bond donors (Lipinski definition) is 2. The van der Waals surface area contributed by atoms with E-state index in [1.54, 1.807) is 22.8 Å². The van der Waals surface area contributed by atoms with Crippen molar-refractivity contribution in [1.29, 1.82) is 0 Å². The normalized spacial score (nSPS) is 14.2. The average molecular weight is 547 g/mol. The molecule has 40 heavy (non-hydrogen) atoms. The molecular formula is C33H30N4O2S. The van der Waals surface area contributed by atoms with Crippen molar-refractivity contribution in [2.75, 3.05) is 12.3 Å². The van der Waals surface area contributed by atoms with Crippen LogP contribution in [0.15, 0.2) is 116 Å². The lowest BCUT2D eigenvalue weighted by molar-refractivity contribution is 0.442. The molecule has 0 spiro atoms. The van der Waals surface area contributed by atoms with Crippen LogP contribution in [0.5, 0.6) is 0 Å². The lowest BCUT2D eigenvalue weighted by Gasteiger charge is -2.20. The Morgan fingerprint density at radius 1 is 0.925 bits per heavy atom. The van der Waals surface area contributed by atoms with Crippen molar-refractivity contribution in [2.24, 2.45) is 0 Å². The van der Waals surface area contributed by atoms with Crippen LogP contribution in [0.4, 0.5) is 0 Å². The number of H-pyrrole nitrogens is 1. The Kier molecular flexibility index (Phi) is 7.31. The molecule has 1 aromatic heterocycles. The minimum Gasteiger partial charge on any atom is -0.378 e. The number of benzene rings is 4. The van der Waals surface area contributed by atoms with Crippen molar-refractivity contribution in [3.63, 3.8) is 0 Å². The summed E-state index contributed by atoms with van der Waals surface area (Å²) >= 11 is 0. The van der Waals surface area contributed by atoms with E-state index in [9.17, 15) is 8.42 Å². The third-order valence-electron chi connectivity index (χ3n) is 7.17. The molecule has 6 rings (SSSR count). The first-order chi connectivity index (χ1) is 19.6. The van der Waals surface area contributed by atoms with Gasteiger partial charge in [0.25, 0.3) is 0 Å². The van der Waals surface area contributed by atoms with E-state index in [0.29, 0.717) is 13.1 Å². The Morgan fingerprint density at radius 3 is 2.60 bits per heavy atom. The number of aromatic nitrogens is 2. The highest BCUT2D eigenvalue weighted by Crippen LogP contribution is 2.30. The van der Waals surface area contributed by atoms with Crippen LogP contribution in [0.3, 0.4) is 0 Å². The smallest absolute Gasteiger partial charge is 0.218 e. The first kappa shape index (κ1) is 25.8. The van der Waals surface area contributed by atoms with Gasteiger partial charge in [0.05, 0.1) is 12.3 Å². The van der Waals surface area contributed by atoms with Crippen molar-refractivity contribution in [3.05, 3.63) is 138 Å². The van der Waals surface area contributed by atoms with E-state index >= 15 is 0 Å². The number of sulfonamides is 1. The molecule has 6 nitrogen and oxygen atoms in total. The van der Waals surface area contributed by atoms with Gasteiger partial charge >= 0.3 is 0 Å². The van der Waals surface area contributed by atoms with Gasteiger partial charge in [0.2, 0.25) is 10.0 Å². The lowest BCUT2D eigenvalue weighted by atomic mass is 9.97. The number of imidazole rings is 1. The highest BCUT2D eigenvalue weighted by atomic mass is 32.2. The molecule has 0 atom stereocenters. The zero-order valence-electron chi connectivity index (χ0n) is 22.0. The Morgan fingerprint density at radius 2 is 1.75 bits per heavy atom. The molecule has 1 aliphatic heterocycles. The van der Waals surface area contributed by atoms with E-state index in [4.69, 9.17) is 0 Å². The molecule has 2 N–H and O–H groups in total. The molecule has 0 radical (unpaired) electrons. The van der Waals surface area contributed by atoms with E-state index in [1.807, 2.05) is 54.6 Å². The maximum Gasteiger partial charge on any atom is 0.218 e. The molecule has 5 aromatic rings. The van der Waals surface area contributed by atoms with Crippen LogP contribution in [0.25, 0.3) is 33.7 Å². The Balaban J connectivity index is 1.28. The summed E-state index contributed by atoms with van der Waals surface area (Å²) in [7, 11) is -3.58. The molecule has 0 amide bonds. The molecular weight excluding hydrogens is 516 g/mol. The van der Waals surface area contributed by atoms with Crippen molar-refractivity contribution in [1.82, 2.24) is 19.6 Å². The summed E-state index contributed by atoms with van der Waals surface area (Å²) in [5, 5.41) is 5.70. The maximum atomic E-state index is 13.6. The van der Waals surface area contributed by atoms with Crippen molar-refractivity contribution in [3.8, 4) is 11.1 Å². The van der Waals surface area contributed by atoms with Gasteiger partial charge in [0, 0.05) is 36.7 Å². The van der Waals surface area contributed by atoms with E-state index in [0.717, 1.165) is 50.1 Å². The van der Waals surface area contributed by atoms with E-state index in [-0.39, 0.29) is 12.3 Å². The van der Waals surface area contributed by atoms with Gasteiger partial charge < -0.3 is 10.3 Å². The molecule has 0 fully saturated rings. The zero-order valence-corrected chi connectivity index (χ0v) is 22.8. The lowest BCUT2D eigenvalue weighted by Crippen LogP contribution is -2.32. The van der Waals surface area contributed by atoms with Crippen molar-refractivity contribution >= 4 is 32.6 Å². The van der Waals surface area contributed by atoms with Crippen LogP contribution in [0.2, 0.25) is 0 Å². The number of fused-ring (bicyclic) bond motifs is 2. The second kappa shape index (κ2) is 11.3. The topological polar surface area (TPSA) is 78.1 Å². The highest BCUT2D eigenvalue weighted by molar-refractivity contribution is 7.89. The molecule has 0 bridgehead atoms. The summed E-state index contributed by atoms with van der Waals surface area (Å²) in [4.78, 5) is 7.42. The summed E-state index contributed by atoms with van der Waals surface area (Å²) in [6.45, 7) is 1.09. The first-order valence-corrected chi connectivity index (χ1v) is 14.9. The number of aromatic amines is 1. The number of hydrogen-bond acceptors (Lipinski definition) is 4. The molecule has 0 saturated carbocycles. The molecule has 4 aromatic carbocycles. The molecule has 200 valence electrons. The van der Waals surface area contributed by atoms with Crippen LogP contribution in [-0.2, 0) is 23.1 Å². The monoisotopic (exact) mass is 546 g/mol. The van der Waals surface area contributed by atoms with E-state index < -0.39 is 10.0 Å². The first-order valence-electron chi connectivity index (χ1n) is 13.3. The Labute approximate surface area is 234 Å². The van der Waals surface area contributed by atoms with Crippen LogP contribution in [0.1, 0.15) is 22.5 Å². The molecule has 0 unspecified atom stereocenters. The third-order valence-corrected chi connectivity index (χ3v) is 8.85. The van der Waals surface area contributed by atoms with Gasteiger partial charge in [-0.05, 0) is 45.2 Å². The minimum absolute atomic E-state index is 0.0765. The SMILES string of the molecule is O=S(=O)(CC=Cc1cccc2ccccc12)N1CC=C(NCc2ncc[nH]2)c2ccc(-c3ccccc3)cc2C1. The van der Waals surface area contributed by atoms with Crippen LogP contribution >= 0.6 is 0 Å². The summed E-state index contributed by atoms with van der Waals surface area (Å²) in [6.07, 6.45) is 9.13. The molecule has 0 saturated heterocycles. The summed E-state index contributed by atoms with van der Waals surface area (Å²) < 4.78 is 28.8. The van der Waals surface area contributed by atoms with Gasteiger partial charge in [-0.15, -0.1) is 0 Å². The summed E-state index contributed by atoms with van der Waals surface area (Å²) in [5.41, 5.74) is 6.01. The van der Waals surface area contributed by atoms with Crippen molar-refractivity contribution < 1.29 is 8.42 Å². The second-order valence-corrected chi connectivity index (χ2v) is 11.8. The fraction of sp³-hybridized carbons (Fsp3) is 0.121. The van der Waals surface area contributed by atoms with Gasteiger partial charge in [-0.1, -0.05) is 97.1 Å². The fourth-order valence-corrected chi connectivity index (χ4v) is 6.29. The van der Waals surface area contributed by atoms with Gasteiger partial charge in [-0.3, -0.25) is 0 Å². The quantitative estimate of drug-likeness (QED) is 0.242. The van der Waals surface area contributed by atoms with E-state index in [1.165, 1.54) is 0 Å². The van der Waals surface area contributed by atoms with E-state index in [2.05, 4.69) is 63.8 Å². The Bertz CT molecular complexity index is 1790. The largest absolute Gasteiger partial charge is 0.378 e. The van der Waals surface area contributed by atoms with Crippen LogP contribution in [-0.4, -0.2) is 35.0 Å². The molecule has 1 aliphatic rings. The number of rotatable bonds is 8. The predicted octanol–water partition coefficient (Wildman–Crippen LogP) is 6.22. The fourth-order valence-electron chi connectivity index (χ4n) is 5.11. The molecule has 0 aliphatic carbocycles. The number of nitrogens with one attached hydrogen (secondary N) is 2. The molecule has 7 heteroatoms. The Hall–Kier alpha value is -4.46. The third kappa shape index (κ3) is 5.61. The van der Waals surface area contributed by atoms with Crippen LogP contribution < -0.4 is 5.32 Å². The highest BCUT2D eigenvalue weighted by Gasteiger charge is 2.25.